The van der Waals surface area contributed by atoms with E-state index in [9.17, 15) is 9.18 Å². The molecule has 0 atom stereocenters. The molecule has 0 fully saturated rings. The highest BCUT2D eigenvalue weighted by Crippen LogP contribution is 2.09. The van der Waals surface area contributed by atoms with Crippen molar-refractivity contribution in [1.29, 1.82) is 0 Å². The van der Waals surface area contributed by atoms with Crippen LogP contribution < -0.4 is 0 Å². The van der Waals surface area contributed by atoms with Gasteiger partial charge in [-0.25, -0.2) is 9.37 Å². The first-order valence-electron chi connectivity index (χ1n) is 3.94. The smallest absolute Gasteiger partial charge is 0.191 e. The van der Waals surface area contributed by atoms with Crippen LogP contribution in [0.2, 0.25) is 0 Å². The maximum absolute atomic E-state index is 12.8. The highest BCUT2D eigenvalue weighted by atomic mass is 79.9. The van der Waals surface area contributed by atoms with Crippen LogP contribution in [0.4, 0.5) is 4.39 Å². The predicted octanol–water partition coefficient (Wildman–Crippen LogP) is 2.05. The monoisotopic (exact) mass is 256 g/mol. The summed E-state index contributed by atoms with van der Waals surface area (Å²) in [6.07, 6.45) is 2.94. The van der Waals surface area contributed by atoms with Crippen molar-refractivity contribution in [1.82, 2.24) is 9.38 Å². The minimum atomic E-state index is -0.360. The summed E-state index contributed by atoms with van der Waals surface area (Å²) < 4.78 is 14.3. The molecule has 0 saturated heterocycles. The van der Waals surface area contributed by atoms with E-state index in [1.165, 1.54) is 24.5 Å². The number of halogens is 2. The van der Waals surface area contributed by atoms with E-state index in [2.05, 4.69) is 20.9 Å². The molecule has 0 bridgehead atoms. The van der Waals surface area contributed by atoms with Gasteiger partial charge in [0.05, 0.1) is 11.5 Å². The maximum Gasteiger partial charge on any atom is 0.191 e. The summed E-state index contributed by atoms with van der Waals surface area (Å²) in [5.74, 6) is -0.440. The summed E-state index contributed by atoms with van der Waals surface area (Å²) in [6.45, 7) is 0. The third kappa shape index (κ3) is 1.43. The number of Topliss-reactive ketones (excluding diaryl/α,β-unsaturated/α-hetero) is 1. The average molecular weight is 257 g/mol. The molecule has 0 saturated carbocycles. The van der Waals surface area contributed by atoms with Gasteiger partial charge in [0.25, 0.3) is 0 Å². The van der Waals surface area contributed by atoms with E-state index >= 15 is 0 Å². The number of ketones is 1. The molecule has 0 N–H and O–H groups in total. The number of carbonyl (C=O) groups is 1. The highest BCUT2D eigenvalue weighted by molar-refractivity contribution is 9.09. The van der Waals surface area contributed by atoms with Crippen molar-refractivity contribution in [2.24, 2.45) is 0 Å². The second-order valence-corrected chi connectivity index (χ2v) is 3.33. The maximum atomic E-state index is 12.8. The fourth-order valence-corrected chi connectivity index (χ4v) is 1.52. The fraction of sp³-hybridized carbons (Fsp3) is 0.111. The summed E-state index contributed by atoms with van der Waals surface area (Å²) in [7, 11) is 0. The summed E-state index contributed by atoms with van der Waals surface area (Å²) in [5.41, 5.74) is 0.895. The number of hydrogen-bond acceptors (Lipinski definition) is 2. The van der Waals surface area contributed by atoms with E-state index < -0.39 is 0 Å². The molecule has 0 aromatic carbocycles. The van der Waals surface area contributed by atoms with Gasteiger partial charge in [0.15, 0.2) is 5.78 Å². The minimum absolute atomic E-state index is 0.0795. The Balaban J connectivity index is 2.64. The average Bonchev–Trinajstić information content (AvgIpc) is 2.59. The van der Waals surface area contributed by atoms with Gasteiger partial charge in [-0.2, -0.15) is 0 Å². The van der Waals surface area contributed by atoms with Gasteiger partial charge in [-0.3, -0.25) is 9.20 Å². The van der Waals surface area contributed by atoms with Gasteiger partial charge in [-0.1, -0.05) is 15.9 Å². The quantitative estimate of drug-likeness (QED) is 0.609. The van der Waals surface area contributed by atoms with Gasteiger partial charge in [-0.05, 0) is 6.07 Å². The normalized spacial score (nSPS) is 10.7. The molecule has 0 radical (unpaired) electrons. The number of nitrogens with zero attached hydrogens (tertiary/aromatic N) is 2. The number of aromatic nitrogens is 2. The lowest BCUT2D eigenvalue weighted by atomic mass is 10.3. The molecule has 14 heavy (non-hydrogen) atoms. The van der Waals surface area contributed by atoms with Gasteiger partial charge < -0.3 is 0 Å². The Kier molecular flexibility index (Phi) is 2.33. The van der Waals surface area contributed by atoms with E-state index in [1.807, 2.05) is 0 Å². The molecule has 72 valence electrons. The molecule has 0 aliphatic rings. The van der Waals surface area contributed by atoms with Gasteiger partial charge in [0.1, 0.15) is 17.2 Å². The van der Waals surface area contributed by atoms with Crippen LogP contribution in [0.1, 0.15) is 10.5 Å². The molecular weight excluding hydrogens is 251 g/mol. The Morgan fingerprint density at radius 1 is 1.64 bits per heavy atom. The van der Waals surface area contributed by atoms with Gasteiger partial charge in [0.2, 0.25) is 0 Å². The summed E-state index contributed by atoms with van der Waals surface area (Å²) in [4.78, 5) is 15.3. The lowest BCUT2D eigenvalue weighted by Crippen LogP contribution is -2.03. The SMILES string of the molecule is O=C(CBr)c1cnc2cc(F)ccn12. The molecule has 2 rings (SSSR count). The Morgan fingerprint density at radius 3 is 3.14 bits per heavy atom. The van der Waals surface area contributed by atoms with E-state index in [-0.39, 0.29) is 16.9 Å². The van der Waals surface area contributed by atoms with E-state index in [1.54, 1.807) is 4.40 Å². The number of rotatable bonds is 2. The molecule has 0 spiro atoms. The third-order valence-corrected chi connectivity index (χ3v) is 2.39. The van der Waals surface area contributed by atoms with E-state index in [0.717, 1.165) is 0 Å². The number of carbonyl (C=O) groups excluding carboxylic acids is 1. The zero-order chi connectivity index (χ0) is 10.1. The summed E-state index contributed by atoms with van der Waals surface area (Å²) >= 11 is 3.07. The van der Waals surface area contributed by atoms with Crippen LogP contribution in [0.25, 0.3) is 5.65 Å². The molecular formula is C9H6BrFN2O. The van der Waals surface area contributed by atoms with Crippen LogP contribution in [0, 0.1) is 5.82 Å². The minimum Gasteiger partial charge on any atom is -0.297 e. The molecule has 2 heterocycles. The van der Waals surface area contributed by atoms with Gasteiger partial charge in [0, 0.05) is 12.3 Å². The van der Waals surface area contributed by atoms with Gasteiger partial charge >= 0.3 is 0 Å². The highest BCUT2D eigenvalue weighted by Gasteiger charge is 2.10. The molecule has 0 unspecified atom stereocenters. The van der Waals surface area contributed by atoms with Crippen LogP contribution in [-0.2, 0) is 0 Å². The number of hydrogen-bond donors (Lipinski definition) is 0. The molecule has 5 heteroatoms. The molecule has 0 aliphatic carbocycles. The van der Waals surface area contributed by atoms with E-state index in [4.69, 9.17) is 0 Å². The number of fused-ring (bicyclic) bond motifs is 1. The van der Waals surface area contributed by atoms with Crippen molar-refractivity contribution in [3.63, 3.8) is 0 Å². The summed E-state index contributed by atoms with van der Waals surface area (Å²) in [6, 6.07) is 2.57. The van der Waals surface area contributed by atoms with Crippen LogP contribution in [0.15, 0.2) is 24.5 Å². The molecule has 2 aromatic rings. The second-order valence-electron chi connectivity index (χ2n) is 2.77. The number of alkyl halides is 1. The Hall–Kier alpha value is -1.23. The summed E-state index contributed by atoms with van der Waals surface area (Å²) in [5, 5.41) is 0.234. The molecule has 2 aromatic heterocycles. The zero-order valence-corrected chi connectivity index (χ0v) is 8.66. The topological polar surface area (TPSA) is 34.4 Å². The number of imidazole rings is 1. The first kappa shape index (κ1) is 9.33. The van der Waals surface area contributed by atoms with Crippen molar-refractivity contribution in [2.75, 3.05) is 5.33 Å². The lowest BCUT2D eigenvalue weighted by molar-refractivity contribution is 0.101. The largest absolute Gasteiger partial charge is 0.297 e. The first-order chi connectivity index (χ1) is 6.72. The third-order valence-electron chi connectivity index (χ3n) is 1.88. The van der Waals surface area contributed by atoms with Crippen molar-refractivity contribution in [3.8, 4) is 0 Å². The van der Waals surface area contributed by atoms with Crippen LogP contribution in [0.3, 0.4) is 0 Å². The Bertz CT molecular complexity index is 495. The Labute approximate surface area is 87.7 Å². The first-order valence-corrected chi connectivity index (χ1v) is 5.06. The Morgan fingerprint density at radius 2 is 2.43 bits per heavy atom. The van der Waals surface area contributed by atoms with Gasteiger partial charge in [-0.15, -0.1) is 0 Å². The molecule has 3 nitrogen and oxygen atoms in total. The van der Waals surface area contributed by atoms with Crippen LogP contribution in [-0.4, -0.2) is 20.5 Å². The predicted molar refractivity (Wildman–Crippen MR) is 53.3 cm³/mol. The second kappa shape index (κ2) is 3.49. The van der Waals surface area contributed by atoms with Crippen LogP contribution in [0.5, 0.6) is 0 Å². The fourth-order valence-electron chi connectivity index (χ4n) is 1.23. The molecule has 0 aliphatic heterocycles. The lowest BCUT2D eigenvalue weighted by Gasteiger charge is -1.97. The van der Waals surface area contributed by atoms with Crippen molar-refractivity contribution >= 4 is 27.4 Å². The van der Waals surface area contributed by atoms with Crippen LogP contribution >= 0.6 is 15.9 Å². The number of pyridine rings is 1. The standard InChI is InChI=1S/C9H6BrFN2O/c10-4-8(14)7-5-12-9-3-6(11)1-2-13(7)9/h1-3,5H,4H2. The van der Waals surface area contributed by atoms with E-state index in [0.29, 0.717) is 11.3 Å². The van der Waals surface area contributed by atoms with Crippen molar-refractivity contribution in [2.45, 2.75) is 0 Å². The van der Waals surface area contributed by atoms with Crippen molar-refractivity contribution < 1.29 is 9.18 Å². The molecule has 0 amide bonds. The zero-order valence-electron chi connectivity index (χ0n) is 7.08. The van der Waals surface area contributed by atoms with Crippen molar-refractivity contribution in [3.05, 3.63) is 36.0 Å².